The van der Waals surface area contributed by atoms with Gasteiger partial charge in [-0.25, -0.2) is 17.9 Å². The lowest BCUT2D eigenvalue weighted by atomic mass is 10.2. The minimum atomic E-state index is -3.40. The topological polar surface area (TPSA) is 92.7 Å². The standard InChI is InChI=1S/C10H19NO5S/c1-10(2,3)17(14,15)11-6-7-4-5-8(16-7)9(12)13/h7-8,11H,4-6H2,1-3H3,(H,12,13). The molecule has 2 N–H and O–H groups in total. The summed E-state index contributed by atoms with van der Waals surface area (Å²) in [6.45, 7) is 4.93. The summed E-state index contributed by atoms with van der Waals surface area (Å²) in [5, 5.41) is 8.72. The Bertz CT molecular complexity index is 384. The highest BCUT2D eigenvalue weighted by atomic mass is 32.2. The number of sulfonamides is 1. The van der Waals surface area contributed by atoms with E-state index in [4.69, 9.17) is 9.84 Å². The van der Waals surface area contributed by atoms with Gasteiger partial charge in [-0.05, 0) is 33.6 Å². The van der Waals surface area contributed by atoms with E-state index >= 15 is 0 Å². The normalized spacial score (nSPS) is 26.1. The molecule has 1 aliphatic heterocycles. The lowest BCUT2D eigenvalue weighted by Crippen LogP contribution is -2.42. The second kappa shape index (κ2) is 4.91. The molecule has 0 bridgehead atoms. The van der Waals surface area contributed by atoms with Crippen molar-refractivity contribution in [1.82, 2.24) is 4.72 Å². The molecule has 0 saturated carbocycles. The molecule has 0 aromatic rings. The number of carbonyl (C=O) groups is 1. The van der Waals surface area contributed by atoms with Crippen LogP contribution in [0.3, 0.4) is 0 Å². The molecule has 0 amide bonds. The van der Waals surface area contributed by atoms with E-state index in [0.29, 0.717) is 12.8 Å². The summed E-state index contributed by atoms with van der Waals surface area (Å²) in [5.74, 6) is -0.994. The molecule has 0 aromatic heterocycles. The first kappa shape index (κ1) is 14.4. The van der Waals surface area contributed by atoms with Gasteiger partial charge in [0.1, 0.15) is 0 Å². The van der Waals surface area contributed by atoms with Gasteiger partial charge in [0.2, 0.25) is 10.0 Å². The van der Waals surface area contributed by atoms with Gasteiger partial charge in [0.05, 0.1) is 10.9 Å². The Morgan fingerprint density at radius 3 is 2.41 bits per heavy atom. The molecule has 1 rings (SSSR count). The number of ether oxygens (including phenoxy) is 1. The molecule has 0 spiro atoms. The van der Waals surface area contributed by atoms with Crippen LogP contribution in [0.1, 0.15) is 33.6 Å². The highest BCUT2D eigenvalue weighted by Gasteiger charge is 2.33. The molecule has 0 radical (unpaired) electrons. The van der Waals surface area contributed by atoms with Crippen molar-refractivity contribution in [3.05, 3.63) is 0 Å². The molecule has 2 unspecified atom stereocenters. The maximum absolute atomic E-state index is 11.7. The minimum Gasteiger partial charge on any atom is -0.479 e. The van der Waals surface area contributed by atoms with E-state index in [9.17, 15) is 13.2 Å². The Kier molecular flexibility index (Phi) is 4.16. The Labute approximate surface area is 101 Å². The molecule has 7 heteroatoms. The van der Waals surface area contributed by atoms with E-state index in [1.807, 2.05) is 0 Å². The molecule has 17 heavy (non-hydrogen) atoms. The van der Waals surface area contributed by atoms with Gasteiger partial charge in [0, 0.05) is 6.54 Å². The van der Waals surface area contributed by atoms with Crippen LogP contribution in [0.2, 0.25) is 0 Å². The van der Waals surface area contributed by atoms with Crippen LogP contribution in [-0.2, 0) is 19.6 Å². The van der Waals surface area contributed by atoms with Gasteiger partial charge in [0.15, 0.2) is 6.10 Å². The van der Waals surface area contributed by atoms with Crippen LogP contribution >= 0.6 is 0 Å². The Morgan fingerprint density at radius 2 is 2.00 bits per heavy atom. The van der Waals surface area contributed by atoms with Crippen molar-refractivity contribution in [1.29, 1.82) is 0 Å². The summed E-state index contributed by atoms with van der Waals surface area (Å²) < 4.78 is 30.3. The lowest BCUT2D eigenvalue weighted by molar-refractivity contribution is -0.149. The summed E-state index contributed by atoms with van der Waals surface area (Å²) in [6.07, 6.45) is -0.173. The smallest absolute Gasteiger partial charge is 0.332 e. The fourth-order valence-electron chi connectivity index (χ4n) is 1.46. The van der Waals surface area contributed by atoms with Crippen molar-refractivity contribution in [3.63, 3.8) is 0 Å². The summed E-state index contributed by atoms with van der Waals surface area (Å²) in [6, 6.07) is 0. The van der Waals surface area contributed by atoms with Crippen LogP contribution in [0, 0.1) is 0 Å². The molecule has 0 aromatic carbocycles. The van der Waals surface area contributed by atoms with Crippen molar-refractivity contribution >= 4 is 16.0 Å². The minimum absolute atomic E-state index is 0.128. The third-order valence-corrected chi connectivity index (χ3v) is 4.85. The average Bonchev–Trinajstić information content (AvgIpc) is 2.61. The summed E-state index contributed by atoms with van der Waals surface area (Å²) in [7, 11) is -3.40. The monoisotopic (exact) mass is 265 g/mol. The van der Waals surface area contributed by atoms with Gasteiger partial charge in [-0.15, -0.1) is 0 Å². The van der Waals surface area contributed by atoms with Crippen LogP contribution in [0.4, 0.5) is 0 Å². The van der Waals surface area contributed by atoms with Crippen LogP contribution in [0.15, 0.2) is 0 Å². The lowest BCUT2D eigenvalue weighted by Gasteiger charge is -2.21. The molecule has 1 saturated heterocycles. The fourth-order valence-corrected chi connectivity index (χ4v) is 2.29. The van der Waals surface area contributed by atoms with Gasteiger partial charge >= 0.3 is 5.97 Å². The number of carboxylic acid groups (broad SMARTS) is 1. The van der Waals surface area contributed by atoms with Crippen molar-refractivity contribution in [2.75, 3.05) is 6.54 Å². The van der Waals surface area contributed by atoms with Crippen molar-refractivity contribution in [2.45, 2.75) is 50.6 Å². The SMILES string of the molecule is CC(C)(C)S(=O)(=O)NCC1CCC(C(=O)O)O1. The van der Waals surface area contributed by atoms with Gasteiger partial charge in [-0.2, -0.15) is 0 Å². The first-order valence-corrected chi connectivity index (χ1v) is 6.99. The van der Waals surface area contributed by atoms with Gasteiger partial charge < -0.3 is 9.84 Å². The average molecular weight is 265 g/mol. The molecule has 2 atom stereocenters. The quantitative estimate of drug-likeness (QED) is 0.764. The Hall–Kier alpha value is -0.660. The van der Waals surface area contributed by atoms with Gasteiger partial charge in [0.25, 0.3) is 0 Å². The van der Waals surface area contributed by atoms with Crippen molar-refractivity contribution < 1.29 is 23.1 Å². The first-order valence-electron chi connectivity index (χ1n) is 5.51. The zero-order valence-corrected chi connectivity index (χ0v) is 11.1. The van der Waals surface area contributed by atoms with Crippen LogP contribution in [0.5, 0.6) is 0 Å². The predicted octanol–water partition coefficient (Wildman–Crippen LogP) is 0.337. The van der Waals surface area contributed by atoms with Crippen molar-refractivity contribution in [3.8, 4) is 0 Å². The summed E-state index contributed by atoms with van der Waals surface area (Å²) in [4.78, 5) is 10.6. The predicted molar refractivity (Wildman–Crippen MR) is 62.2 cm³/mol. The molecule has 100 valence electrons. The molecule has 1 heterocycles. The van der Waals surface area contributed by atoms with E-state index < -0.39 is 26.8 Å². The van der Waals surface area contributed by atoms with E-state index in [1.165, 1.54) is 0 Å². The second-order valence-corrected chi connectivity index (χ2v) is 7.65. The van der Waals surface area contributed by atoms with Crippen LogP contribution in [-0.4, -0.2) is 43.0 Å². The molecule has 1 aliphatic rings. The van der Waals surface area contributed by atoms with E-state index in [0.717, 1.165) is 0 Å². The van der Waals surface area contributed by atoms with Crippen LogP contribution < -0.4 is 4.72 Å². The molecule has 6 nitrogen and oxygen atoms in total. The second-order valence-electron chi connectivity index (χ2n) is 5.13. The number of aliphatic carboxylic acids is 1. The number of hydrogen-bond acceptors (Lipinski definition) is 4. The third-order valence-electron chi connectivity index (χ3n) is 2.69. The number of nitrogens with one attached hydrogen (secondary N) is 1. The maximum Gasteiger partial charge on any atom is 0.332 e. The number of hydrogen-bond donors (Lipinski definition) is 2. The molecule has 0 aliphatic carbocycles. The third kappa shape index (κ3) is 3.65. The number of carboxylic acids is 1. The molecular formula is C10H19NO5S. The van der Waals surface area contributed by atoms with E-state index in [1.54, 1.807) is 20.8 Å². The van der Waals surface area contributed by atoms with Crippen molar-refractivity contribution in [2.24, 2.45) is 0 Å². The summed E-state index contributed by atoms with van der Waals surface area (Å²) in [5.41, 5.74) is 0. The zero-order valence-electron chi connectivity index (χ0n) is 10.3. The van der Waals surface area contributed by atoms with E-state index in [-0.39, 0.29) is 12.6 Å². The molecule has 1 fully saturated rings. The van der Waals surface area contributed by atoms with Gasteiger partial charge in [-0.1, -0.05) is 0 Å². The van der Waals surface area contributed by atoms with E-state index in [2.05, 4.69) is 4.72 Å². The number of rotatable bonds is 4. The molecular weight excluding hydrogens is 246 g/mol. The van der Waals surface area contributed by atoms with Gasteiger partial charge in [-0.3, -0.25) is 0 Å². The largest absolute Gasteiger partial charge is 0.479 e. The summed E-state index contributed by atoms with van der Waals surface area (Å²) >= 11 is 0. The first-order chi connectivity index (χ1) is 7.63. The highest BCUT2D eigenvalue weighted by Crippen LogP contribution is 2.20. The highest BCUT2D eigenvalue weighted by molar-refractivity contribution is 7.90. The fraction of sp³-hybridized carbons (Fsp3) is 0.900. The Balaban J connectivity index is 2.46. The maximum atomic E-state index is 11.7. The zero-order chi connectivity index (χ0) is 13.3. The van der Waals surface area contributed by atoms with Crippen LogP contribution in [0.25, 0.3) is 0 Å². The Morgan fingerprint density at radius 1 is 1.41 bits per heavy atom.